The summed E-state index contributed by atoms with van der Waals surface area (Å²) in [6.45, 7) is 3.78. The van der Waals surface area contributed by atoms with Gasteiger partial charge in [0.1, 0.15) is 6.33 Å². The molecule has 1 aromatic carbocycles. The Morgan fingerprint density at radius 1 is 1.15 bits per heavy atom. The van der Waals surface area contributed by atoms with E-state index in [1.807, 2.05) is 18.2 Å². The molecule has 0 spiro atoms. The molecular weight excluding hydrogens is 250 g/mol. The molecule has 4 heteroatoms. The minimum Gasteiger partial charge on any atom is -0.288 e. The zero-order valence-corrected chi connectivity index (χ0v) is 10.7. The summed E-state index contributed by atoms with van der Waals surface area (Å²) in [5.74, 6) is -0.112. The van der Waals surface area contributed by atoms with E-state index >= 15 is 0 Å². The number of nitrogens with zero attached hydrogens (tertiary/aromatic N) is 3. The summed E-state index contributed by atoms with van der Waals surface area (Å²) in [7, 11) is 0. The molecule has 0 atom stereocenters. The number of hydrogen-bond donors (Lipinski definition) is 0. The van der Waals surface area contributed by atoms with Gasteiger partial charge in [-0.3, -0.25) is 9.78 Å². The highest BCUT2D eigenvalue weighted by Crippen LogP contribution is 2.21. The summed E-state index contributed by atoms with van der Waals surface area (Å²) in [5, 5.41) is 0.907. The number of benzene rings is 1. The molecule has 96 valence electrons. The van der Waals surface area contributed by atoms with Crippen molar-refractivity contribution in [3.05, 3.63) is 72.5 Å². The van der Waals surface area contributed by atoms with Crippen LogP contribution in [0.1, 0.15) is 21.5 Å². The van der Waals surface area contributed by atoms with E-state index in [0.717, 1.165) is 16.5 Å². The SMILES string of the molecule is C=Cc1cc(C(=O)c2cncnc2)cc2cccnc12. The van der Waals surface area contributed by atoms with Crippen molar-refractivity contribution >= 4 is 22.8 Å². The van der Waals surface area contributed by atoms with Crippen LogP contribution < -0.4 is 0 Å². The maximum atomic E-state index is 12.4. The van der Waals surface area contributed by atoms with Gasteiger partial charge in [0.2, 0.25) is 0 Å². The molecule has 0 radical (unpaired) electrons. The number of carbonyl (C=O) groups excluding carboxylic acids is 1. The summed E-state index contributed by atoms with van der Waals surface area (Å²) in [6.07, 6.45) is 7.85. The standard InChI is InChI=1S/C16H11N3O/c1-2-11-6-13(7-12-4-3-5-19-15(11)12)16(20)14-8-17-10-18-9-14/h2-10H,1H2. The van der Waals surface area contributed by atoms with E-state index in [0.29, 0.717) is 11.1 Å². The first-order chi connectivity index (χ1) is 9.79. The van der Waals surface area contributed by atoms with E-state index in [9.17, 15) is 4.79 Å². The topological polar surface area (TPSA) is 55.7 Å². The number of carbonyl (C=O) groups is 1. The molecule has 0 saturated heterocycles. The molecule has 20 heavy (non-hydrogen) atoms. The lowest BCUT2D eigenvalue weighted by Crippen LogP contribution is -2.03. The van der Waals surface area contributed by atoms with Gasteiger partial charge in [0.25, 0.3) is 0 Å². The van der Waals surface area contributed by atoms with Gasteiger partial charge in [-0.1, -0.05) is 18.7 Å². The Balaban J connectivity index is 2.17. The summed E-state index contributed by atoms with van der Waals surface area (Å²) >= 11 is 0. The average Bonchev–Trinajstić information content (AvgIpc) is 2.54. The van der Waals surface area contributed by atoms with Crippen LogP contribution >= 0.6 is 0 Å². The largest absolute Gasteiger partial charge is 0.288 e. The van der Waals surface area contributed by atoms with Crippen molar-refractivity contribution in [2.24, 2.45) is 0 Å². The third kappa shape index (κ3) is 2.07. The zero-order valence-electron chi connectivity index (χ0n) is 10.7. The van der Waals surface area contributed by atoms with Crippen LogP contribution in [-0.2, 0) is 0 Å². The third-order valence-corrected chi connectivity index (χ3v) is 3.04. The van der Waals surface area contributed by atoms with Crippen molar-refractivity contribution in [2.45, 2.75) is 0 Å². The molecule has 2 aromatic heterocycles. The molecule has 0 fully saturated rings. The highest BCUT2D eigenvalue weighted by molar-refractivity contribution is 6.11. The zero-order chi connectivity index (χ0) is 13.9. The van der Waals surface area contributed by atoms with E-state index in [1.165, 1.54) is 18.7 Å². The predicted molar refractivity (Wildman–Crippen MR) is 77.3 cm³/mol. The molecule has 0 amide bonds. The lowest BCUT2D eigenvalue weighted by atomic mass is 10.00. The maximum Gasteiger partial charge on any atom is 0.196 e. The monoisotopic (exact) mass is 261 g/mol. The van der Waals surface area contributed by atoms with Crippen LogP contribution in [0, 0.1) is 0 Å². The van der Waals surface area contributed by atoms with E-state index in [2.05, 4.69) is 21.5 Å². The number of aromatic nitrogens is 3. The number of rotatable bonds is 3. The first-order valence-corrected chi connectivity index (χ1v) is 6.10. The molecule has 0 bridgehead atoms. The van der Waals surface area contributed by atoms with E-state index < -0.39 is 0 Å². The van der Waals surface area contributed by atoms with Crippen molar-refractivity contribution < 1.29 is 4.79 Å². The van der Waals surface area contributed by atoms with Crippen molar-refractivity contribution in [3.8, 4) is 0 Å². The van der Waals surface area contributed by atoms with Gasteiger partial charge < -0.3 is 0 Å². The lowest BCUT2D eigenvalue weighted by Gasteiger charge is -2.06. The molecule has 0 aliphatic heterocycles. The normalized spacial score (nSPS) is 10.4. The van der Waals surface area contributed by atoms with Gasteiger partial charge in [-0.05, 0) is 18.2 Å². The van der Waals surface area contributed by atoms with Gasteiger partial charge >= 0.3 is 0 Å². The first-order valence-electron chi connectivity index (χ1n) is 6.10. The van der Waals surface area contributed by atoms with Crippen LogP contribution in [0.2, 0.25) is 0 Å². The Bertz CT molecular complexity index is 797. The number of pyridine rings is 1. The van der Waals surface area contributed by atoms with Crippen molar-refractivity contribution in [2.75, 3.05) is 0 Å². The Morgan fingerprint density at radius 3 is 2.70 bits per heavy atom. The van der Waals surface area contributed by atoms with Crippen molar-refractivity contribution in [3.63, 3.8) is 0 Å². The molecular formula is C16H11N3O. The Labute approximate surface area is 115 Å². The smallest absolute Gasteiger partial charge is 0.196 e. The van der Waals surface area contributed by atoms with Gasteiger partial charge in [0, 0.05) is 35.1 Å². The number of hydrogen-bond acceptors (Lipinski definition) is 4. The van der Waals surface area contributed by atoms with Gasteiger partial charge in [0.15, 0.2) is 5.78 Å². The summed E-state index contributed by atoms with van der Waals surface area (Å²) in [5.41, 5.74) is 2.72. The Kier molecular flexibility index (Phi) is 3.05. The second kappa shape index (κ2) is 5.01. The molecule has 0 aliphatic carbocycles. The lowest BCUT2D eigenvalue weighted by molar-refractivity contribution is 0.103. The molecule has 0 saturated carbocycles. The number of ketones is 1. The Morgan fingerprint density at radius 2 is 1.95 bits per heavy atom. The van der Waals surface area contributed by atoms with Crippen LogP contribution in [0.4, 0.5) is 0 Å². The van der Waals surface area contributed by atoms with Gasteiger partial charge in [-0.25, -0.2) is 9.97 Å². The van der Waals surface area contributed by atoms with Gasteiger partial charge in [-0.15, -0.1) is 0 Å². The third-order valence-electron chi connectivity index (χ3n) is 3.04. The van der Waals surface area contributed by atoms with Crippen LogP contribution in [0.15, 0.2) is 55.8 Å². The predicted octanol–water partition coefficient (Wildman–Crippen LogP) is 2.90. The van der Waals surface area contributed by atoms with Gasteiger partial charge in [-0.2, -0.15) is 0 Å². The van der Waals surface area contributed by atoms with E-state index in [4.69, 9.17) is 0 Å². The highest BCUT2D eigenvalue weighted by atomic mass is 16.1. The van der Waals surface area contributed by atoms with Gasteiger partial charge in [0.05, 0.1) is 11.1 Å². The summed E-state index contributed by atoms with van der Waals surface area (Å²) in [6, 6.07) is 7.38. The maximum absolute atomic E-state index is 12.4. The molecule has 0 N–H and O–H groups in total. The fourth-order valence-electron chi connectivity index (χ4n) is 2.09. The van der Waals surface area contributed by atoms with E-state index in [-0.39, 0.29) is 5.78 Å². The van der Waals surface area contributed by atoms with Crippen molar-refractivity contribution in [1.82, 2.24) is 15.0 Å². The molecule has 2 heterocycles. The van der Waals surface area contributed by atoms with E-state index in [1.54, 1.807) is 18.3 Å². The number of fused-ring (bicyclic) bond motifs is 1. The molecule has 3 rings (SSSR count). The van der Waals surface area contributed by atoms with Crippen LogP contribution in [0.5, 0.6) is 0 Å². The molecule has 0 unspecified atom stereocenters. The van der Waals surface area contributed by atoms with Crippen LogP contribution in [0.3, 0.4) is 0 Å². The summed E-state index contributed by atoms with van der Waals surface area (Å²) in [4.78, 5) is 24.5. The van der Waals surface area contributed by atoms with Crippen LogP contribution in [0.25, 0.3) is 17.0 Å². The molecule has 0 aliphatic rings. The summed E-state index contributed by atoms with van der Waals surface area (Å²) < 4.78 is 0. The molecule has 4 nitrogen and oxygen atoms in total. The minimum atomic E-state index is -0.112. The fourth-order valence-corrected chi connectivity index (χ4v) is 2.09. The second-order valence-corrected chi connectivity index (χ2v) is 4.30. The fraction of sp³-hybridized carbons (Fsp3) is 0. The average molecular weight is 261 g/mol. The van der Waals surface area contributed by atoms with Crippen LogP contribution in [-0.4, -0.2) is 20.7 Å². The molecule has 3 aromatic rings. The van der Waals surface area contributed by atoms with Crippen molar-refractivity contribution in [1.29, 1.82) is 0 Å². The Hall–Kier alpha value is -2.88. The highest BCUT2D eigenvalue weighted by Gasteiger charge is 2.12. The first kappa shape index (κ1) is 12.2. The minimum absolute atomic E-state index is 0.112. The second-order valence-electron chi connectivity index (χ2n) is 4.30. The quantitative estimate of drug-likeness (QED) is 0.680.